The largest absolute Gasteiger partial charge is 0.503 e. The van der Waals surface area contributed by atoms with Crippen LogP contribution < -0.4 is 5.32 Å². The van der Waals surface area contributed by atoms with Gasteiger partial charge in [-0.15, -0.1) is 0 Å². The predicted molar refractivity (Wildman–Crippen MR) is 91.3 cm³/mol. The van der Waals surface area contributed by atoms with Crippen molar-refractivity contribution in [2.75, 3.05) is 6.54 Å². The van der Waals surface area contributed by atoms with Gasteiger partial charge in [-0.2, -0.15) is 0 Å². The number of hydrogen-bond donors (Lipinski definition) is 3. The highest BCUT2D eigenvalue weighted by Gasteiger charge is 2.23. The van der Waals surface area contributed by atoms with E-state index in [4.69, 9.17) is 24.5 Å². The fraction of sp³-hybridized carbons (Fsp3) is 0.824. The number of hydrogen-bond acceptors (Lipinski definition) is 5. The number of amides is 1. The molecule has 1 unspecified atom stereocenters. The summed E-state index contributed by atoms with van der Waals surface area (Å²) in [6, 6.07) is 0. The lowest BCUT2D eigenvalue weighted by Crippen LogP contribution is -2.36. The van der Waals surface area contributed by atoms with Crippen LogP contribution in [0.5, 0.6) is 0 Å². The van der Waals surface area contributed by atoms with Gasteiger partial charge < -0.3 is 25.0 Å². The van der Waals surface area contributed by atoms with Crippen LogP contribution in [0, 0.1) is 11.8 Å². The van der Waals surface area contributed by atoms with Gasteiger partial charge >= 0.3 is 18.2 Å². The maximum absolute atomic E-state index is 11.8. The molecule has 0 radical (unpaired) electrons. The van der Waals surface area contributed by atoms with Crippen LogP contribution in [-0.2, 0) is 14.3 Å². The van der Waals surface area contributed by atoms with E-state index < -0.39 is 18.5 Å². The summed E-state index contributed by atoms with van der Waals surface area (Å²) in [5, 5.41) is 16.7. The molecule has 0 spiro atoms. The molecule has 0 aromatic heterocycles. The van der Waals surface area contributed by atoms with Gasteiger partial charge in [0.1, 0.15) is 0 Å². The summed E-state index contributed by atoms with van der Waals surface area (Å²) in [5.41, 5.74) is 0. The first-order valence-electron chi connectivity index (χ1n) is 8.82. The third kappa shape index (κ3) is 13.0. The Hall–Kier alpha value is -1.99. The van der Waals surface area contributed by atoms with E-state index in [1.807, 2.05) is 20.8 Å². The minimum atomic E-state index is -1.83. The Kier molecular flexibility index (Phi) is 12.3. The Morgan fingerprint density at radius 3 is 2.12 bits per heavy atom. The van der Waals surface area contributed by atoms with Crippen LogP contribution in [0.1, 0.15) is 65.7 Å². The van der Waals surface area contributed by atoms with Crippen LogP contribution >= 0.6 is 0 Å². The van der Waals surface area contributed by atoms with Crippen molar-refractivity contribution in [1.82, 2.24) is 5.32 Å². The van der Waals surface area contributed by atoms with E-state index in [1.54, 1.807) is 0 Å². The molecule has 0 heterocycles. The molecule has 1 fully saturated rings. The zero-order chi connectivity index (χ0) is 19.2. The molecule has 0 aliphatic heterocycles. The fourth-order valence-electron chi connectivity index (χ4n) is 2.45. The molecule has 25 heavy (non-hydrogen) atoms. The van der Waals surface area contributed by atoms with Crippen LogP contribution in [-0.4, -0.2) is 41.3 Å². The molecule has 1 aliphatic carbocycles. The first-order valence-corrected chi connectivity index (χ1v) is 8.82. The number of rotatable bonds is 7. The number of carboxylic acid groups (broad SMARTS) is 2. The van der Waals surface area contributed by atoms with Gasteiger partial charge in [-0.25, -0.2) is 9.59 Å². The van der Waals surface area contributed by atoms with E-state index in [0.717, 1.165) is 6.42 Å². The van der Waals surface area contributed by atoms with Crippen molar-refractivity contribution in [3.8, 4) is 0 Å². The molecule has 0 aromatic carbocycles. The lowest BCUT2D eigenvalue weighted by Gasteiger charge is -2.24. The topological polar surface area (TPSA) is 122 Å². The Morgan fingerprint density at radius 1 is 1.08 bits per heavy atom. The zero-order valence-corrected chi connectivity index (χ0v) is 15.3. The van der Waals surface area contributed by atoms with Crippen molar-refractivity contribution in [2.24, 2.45) is 11.8 Å². The summed E-state index contributed by atoms with van der Waals surface area (Å²) >= 11 is 0. The lowest BCUT2D eigenvalue weighted by molar-refractivity contribution is -0.175. The van der Waals surface area contributed by atoms with Crippen molar-refractivity contribution >= 4 is 18.2 Å². The first-order chi connectivity index (χ1) is 11.8. The monoisotopic (exact) mass is 361 g/mol. The van der Waals surface area contributed by atoms with Crippen LogP contribution in [0.15, 0.2) is 0 Å². The molecule has 1 rings (SSSR count). The van der Waals surface area contributed by atoms with E-state index in [-0.39, 0.29) is 11.9 Å². The number of ether oxygens (including phenoxy) is 2. The highest BCUT2D eigenvalue weighted by Crippen LogP contribution is 2.22. The van der Waals surface area contributed by atoms with Crippen molar-refractivity contribution in [2.45, 2.75) is 72.0 Å². The van der Waals surface area contributed by atoms with Gasteiger partial charge in [0, 0.05) is 18.9 Å². The molecular formula is C17H31NO7. The lowest BCUT2D eigenvalue weighted by atomic mass is 9.89. The number of nitrogens with one attached hydrogen (secondary N) is 1. The average molecular weight is 361 g/mol. The molecule has 146 valence electrons. The van der Waals surface area contributed by atoms with Gasteiger partial charge in [-0.3, -0.25) is 4.79 Å². The first kappa shape index (κ1) is 23.0. The number of carbonyl (C=O) groups excluding carboxylic acids is 2. The van der Waals surface area contributed by atoms with Crippen molar-refractivity contribution in [1.29, 1.82) is 0 Å². The zero-order valence-electron chi connectivity index (χ0n) is 15.3. The van der Waals surface area contributed by atoms with Gasteiger partial charge in [0.05, 0.1) is 0 Å². The van der Waals surface area contributed by atoms with Crippen LogP contribution in [0.3, 0.4) is 0 Å². The minimum absolute atomic E-state index is 0.0637. The maximum Gasteiger partial charge on any atom is 0.503 e. The van der Waals surface area contributed by atoms with E-state index in [1.165, 1.54) is 32.1 Å². The quantitative estimate of drug-likeness (QED) is 0.465. The van der Waals surface area contributed by atoms with Gasteiger partial charge in [0.2, 0.25) is 0 Å². The van der Waals surface area contributed by atoms with Gasteiger partial charge in [-0.1, -0.05) is 40.0 Å². The van der Waals surface area contributed by atoms with Crippen LogP contribution in [0.2, 0.25) is 0 Å². The molecule has 1 atom stereocenters. The van der Waals surface area contributed by atoms with E-state index in [0.29, 0.717) is 18.9 Å². The second-order valence-electron chi connectivity index (χ2n) is 6.43. The highest BCUT2D eigenvalue weighted by atomic mass is 16.7. The van der Waals surface area contributed by atoms with Crippen LogP contribution in [0.4, 0.5) is 9.59 Å². The summed E-state index contributed by atoms with van der Waals surface area (Å²) < 4.78 is 10.4. The van der Waals surface area contributed by atoms with Crippen molar-refractivity contribution in [3.63, 3.8) is 0 Å². The second kappa shape index (κ2) is 13.3. The molecule has 3 N–H and O–H groups in total. The Bertz CT molecular complexity index is 402. The summed E-state index contributed by atoms with van der Waals surface area (Å²) in [4.78, 5) is 31.9. The third-order valence-electron chi connectivity index (χ3n) is 3.73. The van der Waals surface area contributed by atoms with E-state index >= 15 is 0 Å². The molecule has 0 saturated heterocycles. The highest BCUT2D eigenvalue weighted by molar-refractivity contribution is 5.70. The Labute approximate surface area is 148 Å². The second-order valence-corrected chi connectivity index (χ2v) is 6.43. The summed E-state index contributed by atoms with van der Waals surface area (Å²) in [7, 11) is 0. The molecule has 1 aliphatic rings. The molecular weight excluding hydrogens is 330 g/mol. The number of esters is 1. The molecule has 8 nitrogen and oxygen atoms in total. The normalized spacial score (nSPS) is 15.5. The van der Waals surface area contributed by atoms with Gasteiger partial charge in [-0.05, 0) is 25.2 Å². The number of alkyl carbamates (subject to hydrolysis) is 1. The van der Waals surface area contributed by atoms with E-state index in [9.17, 15) is 9.59 Å². The summed E-state index contributed by atoms with van der Waals surface area (Å²) in [6.07, 6.45) is 4.03. The summed E-state index contributed by atoms with van der Waals surface area (Å²) in [6.45, 7) is 6.27. The molecule has 0 bridgehead atoms. The Balaban J connectivity index is 0.00000129. The van der Waals surface area contributed by atoms with E-state index in [2.05, 4.69) is 5.32 Å². The minimum Gasteiger partial charge on any atom is -0.450 e. The van der Waals surface area contributed by atoms with Gasteiger partial charge in [0.15, 0.2) is 0 Å². The maximum atomic E-state index is 11.8. The molecule has 1 amide bonds. The molecule has 1 saturated carbocycles. The smallest absolute Gasteiger partial charge is 0.450 e. The van der Waals surface area contributed by atoms with Crippen LogP contribution in [0.25, 0.3) is 0 Å². The fourth-order valence-corrected chi connectivity index (χ4v) is 2.45. The predicted octanol–water partition coefficient (Wildman–Crippen LogP) is 3.84. The molecule has 0 aromatic rings. The van der Waals surface area contributed by atoms with Crippen molar-refractivity contribution < 1.29 is 34.1 Å². The SMILES string of the molecule is CCCC(=O)OC(OC(=O)NCC1CCCCC1)C(C)C.O=C(O)O. The van der Waals surface area contributed by atoms with Gasteiger partial charge in [0.25, 0.3) is 6.29 Å². The average Bonchev–Trinajstić information content (AvgIpc) is 2.53. The third-order valence-corrected chi connectivity index (χ3v) is 3.73. The number of carbonyl (C=O) groups is 3. The standard InChI is InChI=1S/C16H29NO4.CH2O3/c1-4-8-14(18)20-15(12(2)3)21-16(19)17-11-13-9-6-5-7-10-13;2-1(3)4/h12-13,15H,4-11H2,1-3H3,(H,17,19);(H2,2,3,4). The van der Waals surface area contributed by atoms with Crippen molar-refractivity contribution in [3.05, 3.63) is 0 Å². The molecule has 8 heteroatoms. The Morgan fingerprint density at radius 2 is 1.64 bits per heavy atom. The summed E-state index contributed by atoms with van der Waals surface area (Å²) in [5.74, 6) is 0.161.